The Labute approximate surface area is 701 Å². The maximum Gasteiger partial charge on any atom is 0.410 e. The number of hydrogen-bond donors (Lipinski definition) is 4. The zero-order chi connectivity index (χ0) is 85.9. The molecule has 6 aliphatic rings. The van der Waals surface area contributed by atoms with Crippen molar-refractivity contribution in [1.29, 1.82) is 0 Å². The molecule has 0 aliphatic carbocycles. The molecule has 10 aromatic rings. The first-order chi connectivity index (χ1) is 58.7. The molecule has 0 spiro atoms. The average molecular weight is 1680 g/mol. The minimum Gasteiger partial charge on any atom is -0.456 e. The molecule has 644 valence electrons. The summed E-state index contributed by atoms with van der Waals surface area (Å²) < 4.78 is 125. The lowest BCUT2D eigenvalue weighted by Gasteiger charge is -2.44. The van der Waals surface area contributed by atoms with E-state index in [2.05, 4.69) is 20.6 Å². The number of fused-ring (bicyclic) bond motifs is 4. The SMILES string of the molecule is CC(=O)O[C@@H]1[C@H](OC(C)=O)[C@H](C)O[C@H](n2c(-c3[nH]c4cc(F)ccc4c3C[C@@H]3CCCN3)c(C[C@@H]3CCCN3)c3ccc(F)cc32)[C@H]1OC(C)=O.CC(=O)O[C@@H]1[C@H](OC(C)=O)[C@H](C)O[C@H](n2c(-c3[nH]c4cc(F)ccc4c3C[C@@H]3CCCN3C(=O)OCc3ccccc3)c(C[C@@H]3CCCN3C(=O)OCc3ccccc3)c3ccc(F)cc32)[C@H]1OC(C)=O. The van der Waals surface area contributed by atoms with E-state index in [1.54, 1.807) is 52.5 Å². The summed E-state index contributed by atoms with van der Waals surface area (Å²) >= 11 is 0. The molecule has 0 bridgehead atoms. The molecule has 6 aromatic carbocycles. The summed E-state index contributed by atoms with van der Waals surface area (Å²) in [6.45, 7) is 13.3. The number of ether oxygens (including phenoxy) is 10. The molecule has 0 radical (unpaired) electrons. The van der Waals surface area contributed by atoms with Crippen molar-refractivity contribution in [3.63, 3.8) is 0 Å². The fourth-order valence-corrected chi connectivity index (χ4v) is 18.9. The summed E-state index contributed by atoms with van der Waals surface area (Å²) in [5, 5.41) is 10.00. The van der Waals surface area contributed by atoms with E-state index in [0.29, 0.717) is 113 Å². The Hall–Kier alpha value is -11.6. The molecule has 6 aliphatic heterocycles. The molecule has 14 atom stereocenters. The number of nitrogens with one attached hydrogen (secondary N) is 4. The van der Waals surface area contributed by atoms with Gasteiger partial charge in [0.15, 0.2) is 49.1 Å². The molecule has 122 heavy (non-hydrogen) atoms. The number of aromatic amines is 2. The molecule has 0 saturated carbocycles. The number of nitrogens with zero attached hydrogens (tertiary/aromatic N) is 4. The Morgan fingerprint density at radius 1 is 0.393 bits per heavy atom. The quantitative estimate of drug-likeness (QED) is 0.0278. The molecule has 30 heteroatoms. The lowest BCUT2D eigenvalue weighted by Crippen LogP contribution is -2.58. The summed E-state index contributed by atoms with van der Waals surface area (Å²) in [5.74, 6) is -6.25. The van der Waals surface area contributed by atoms with Crippen molar-refractivity contribution in [2.75, 3.05) is 26.2 Å². The van der Waals surface area contributed by atoms with Crippen LogP contribution in [0.4, 0.5) is 27.2 Å². The maximum atomic E-state index is 16.0. The lowest BCUT2D eigenvalue weighted by molar-refractivity contribution is -0.258. The number of rotatable bonds is 22. The van der Waals surface area contributed by atoms with Gasteiger partial charge in [-0.25, -0.2) is 27.2 Å². The Kier molecular flexibility index (Phi) is 25.9. The average Bonchev–Trinajstić information content (AvgIpc) is 1.57. The number of likely N-dealkylation sites (tertiary alicyclic amines) is 2. The van der Waals surface area contributed by atoms with Gasteiger partial charge in [0.2, 0.25) is 0 Å². The molecule has 4 aromatic heterocycles. The number of carbonyl (C=O) groups excluding carboxylic acids is 8. The fraction of sp³-hybridized carbons (Fsp3) is 0.435. The molecule has 0 unspecified atom stereocenters. The molecular formula is C92H100F4N8O18. The first-order valence-corrected chi connectivity index (χ1v) is 41.7. The van der Waals surface area contributed by atoms with Crippen molar-refractivity contribution in [2.45, 2.75) is 231 Å². The third kappa shape index (κ3) is 18.4. The van der Waals surface area contributed by atoms with E-state index in [4.69, 9.17) is 47.4 Å². The van der Waals surface area contributed by atoms with Crippen molar-refractivity contribution in [1.82, 2.24) is 39.5 Å². The molecule has 6 saturated heterocycles. The van der Waals surface area contributed by atoms with Crippen molar-refractivity contribution >= 4 is 91.6 Å². The van der Waals surface area contributed by atoms with Crippen LogP contribution in [-0.4, -0.2) is 176 Å². The first kappa shape index (κ1) is 85.4. The summed E-state index contributed by atoms with van der Waals surface area (Å²) in [6, 6.07) is 36.2. The van der Waals surface area contributed by atoms with Crippen LogP contribution in [-0.2, 0) is 115 Å². The zero-order valence-corrected chi connectivity index (χ0v) is 69.2. The van der Waals surface area contributed by atoms with Crippen LogP contribution >= 0.6 is 0 Å². The van der Waals surface area contributed by atoms with Gasteiger partial charge in [-0.15, -0.1) is 0 Å². The van der Waals surface area contributed by atoms with Gasteiger partial charge in [-0.1, -0.05) is 60.7 Å². The topological polar surface area (TPSA) is 301 Å². The molecule has 6 fully saturated rings. The number of hydrogen-bond acceptors (Lipinski definition) is 20. The van der Waals surface area contributed by atoms with Crippen LogP contribution < -0.4 is 10.6 Å². The minimum atomic E-state index is -1.49. The van der Waals surface area contributed by atoms with Crippen LogP contribution in [0.5, 0.6) is 0 Å². The standard InChI is InChI=1S/C54H56F2N4O11.C38H44F2N4O7/c1-31-49(69-32(2)61)50(70-33(3)62)51(71-34(4)63)52(68-31)60-46-26-38(56)20-22-42(46)44(28-40-18-12-24-59(40)54(65)67-30-36-15-9-6-10-16-36)48(60)47-43(41-21-19-37(55)25-45(41)57-47)27-39-17-11-23-58(39)53(64)66-29-35-13-7-5-8-14-35;1-19-35(49-20(2)45)36(50-21(3)46)37(51-22(4)47)38(48-19)44-32-16-24(40)10-12-28(32)30(18-26-8-6-14-42-26)34(44)33-29(17-25-7-5-13-41-25)27-11-9-23(39)15-31(27)43-33/h5-10,13-16,19-22,25-26,31,39-40,49-52,57H,11-12,17-18,23-24,27-30H2,1-4H3;9-12,15-16,19,25-26,35-38,41-43H,5-8,13-14,17-18H2,1-4H3/t31-,39-,40-,49+,50+,51-,52-;19-,25-,26-,35+,36+,37-,38-/m00/s1. The largest absolute Gasteiger partial charge is 0.456 e. The lowest BCUT2D eigenvalue weighted by atomic mass is 9.94. The van der Waals surface area contributed by atoms with Gasteiger partial charge in [-0.3, -0.25) is 28.8 Å². The number of amides is 2. The van der Waals surface area contributed by atoms with E-state index in [1.165, 1.54) is 90.1 Å². The molecule has 10 heterocycles. The van der Waals surface area contributed by atoms with E-state index in [1.807, 2.05) is 65.2 Å². The van der Waals surface area contributed by atoms with E-state index in [9.17, 15) is 42.7 Å². The highest BCUT2D eigenvalue weighted by Crippen LogP contribution is 2.49. The summed E-state index contributed by atoms with van der Waals surface area (Å²) in [5.41, 5.74) is 8.87. The van der Waals surface area contributed by atoms with Crippen molar-refractivity contribution in [3.8, 4) is 22.8 Å². The van der Waals surface area contributed by atoms with Crippen LogP contribution in [0.1, 0.15) is 153 Å². The Bertz CT molecular complexity index is 5570. The van der Waals surface area contributed by atoms with E-state index >= 15 is 13.2 Å². The van der Waals surface area contributed by atoms with Crippen molar-refractivity contribution in [3.05, 3.63) is 190 Å². The smallest absolute Gasteiger partial charge is 0.410 e. The second-order valence-electron chi connectivity index (χ2n) is 32.4. The Balaban J connectivity index is 0.000000200. The highest BCUT2D eigenvalue weighted by molar-refractivity contribution is 5.99. The molecule has 16 rings (SSSR count). The first-order valence-electron chi connectivity index (χ1n) is 41.7. The van der Waals surface area contributed by atoms with Crippen LogP contribution in [0.15, 0.2) is 133 Å². The van der Waals surface area contributed by atoms with Crippen LogP contribution in [0, 0.1) is 23.3 Å². The van der Waals surface area contributed by atoms with Gasteiger partial charge in [0.1, 0.15) is 36.5 Å². The molecular weight excluding hydrogens is 1580 g/mol. The van der Waals surface area contributed by atoms with Gasteiger partial charge in [0.25, 0.3) is 0 Å². The number of benzene rings is 6. The molecule has 2 amide bonds. The van der Waals surface area contributed by atoms with Gasteiger partial charge < -0.3 is 86.9 Å². The van der Waals surface area contributed by atoms with Gasteiger partial charge >= 0.3 is 48.0 Å². The molecule has 4 N–H and O–H groups in total. The number of H-pyrrole nitrogens is 2. The predicted molar refractivity (Wildman–Crippen MR) is 440 cm³/mol. The Morgan fingerprint density at radius 3 is 1.12 bits per heavy atom. The zero-order valence-electron chi connectivity index (χ0n) is 69.2. The maximum absolute atomic E-state index is 16.0. The number of carbonyl (C=O) groups is 8. The van der Waals surface area contributed by atoms with Gasteiger partial charge in [-0.2, -0.15) is 0 Å². The van der Waals surface area contributed by atoms with Gasteiger partial charge in [0.05, 0.1) is 46.0 Å². The highest BCUT2D eigenvalue weighted by atomic mass is 19.1. The monoisotopic (exact) mass is 1680 g/mol. The highest BCUT2D eigenvalue weighted by Gasteiger charge is 2.55. The second kappa shape index (κ2) is 37.0. The Morgan fingerprint density at radius 2 is 0.738 bits per heavy atom. The van der Waals surface area contributed by atoms with E-state index in [0.717, 1.165) is 71.8 Å². The van der Waals surface area contributed by atoms with E-state index < -0.39 is 133 Å². The number of aromatic nitrogens is 4. The molecule has 26 nitrogen and oxygen atoms in total. The normalized spacial score (nSPS) is 24.0. The summed E-state index contributed by atoms with van der Waals surface area (Å²) in [7, 11) is 0. The van der Waals surface area contributed by atoms with Crippen LogP contribution in [0.25, 0.3) is 66.4 Å². The second-order valence-corrected chi connectivity index (χ2v) is 32.4. The number of esters is 6. The third-order valence-electron chi connectivity index (χ3n) is 23.9. The van der Waals surface area contributed by atoms with Gasteiger partial charge in [0, 0.05) is 111 Å². The van der Waals surface area contributed by atoms with Crippen LogP contribution in [0.3, 0.4) is 0 Å². The minimum absolute atomic E-state index is 0.0618. The van der Waals surface area contributed by atoms with Gasteiger partial charge in [-0.05, 0) is 210 Å². The van der Waals surface area contributed by atoms with Crippen LogP contribution in [0.2, 0.25) is 0 Å². The van der Waals surface area contributed by atoms with Crippen molar-refractivity contribution in [2.24, 2.45) is 0 Å². The third-order valence-corrected chi connectivity index (χ3v) is 23.9. The fourth-order valence-electron chi connectivity index (χ4n) is 18.9. The number of halogens is 4. The predicted octanol–water partition coefficient (Wildman–Crippen LogP) is 14.8. The summed E-state index contributed by atoms with van der Waals surface area (Å²) in [6.07, 6.45) is -5.03. The summed E-state index contributed by atoms with van der Waals surface area (Å²) in [4.78, 5) is 115. The van der Waals surface area contributed by atoms with Crippen molar-refractivity contribution < 1.29 is 103 Å². The van der Waals surface area contributed by atoms with E-state index in [-0.39, 0.29) is 55.5 Å².